The number of nitrogens with one attached hydrogen (secondary N) is 2. The Morgan fingerprint density at radius 3 is 2.61 bits per heavy atom. The summed E-state index contributed by atoms with van der Waals surface area (Å²) in [5, 5.41) is 10.3. The summed E-state index contributed by atoms with van der Waals surface area (Å²) < 4.78 is 0. The van der Waals surface area contributed by atoms with E-state index in [2.05, 4.69) is 27.5 Å². The number of rotatable bonds is 5. The molecule has 0 saturated carbocycles. The maximum absolute atomic E-state index is 11.6. The second-order valence-corrected chi connectivity index (χ2v) is 4.70. The zero-order valence-corrected chi connectivity index (χ0v) is 11.1. The molecule has 2 rings (SSSR count). The topological polar surface area (TPSA) is 41.1 Å². The van der Waals surface area contributed by atoms with Crippen LogP contribution < -0.4 is 10.6 Å². The van der Waals surface area contributed by atoms with E-state index in [0.29, 0.717) is 12.1 Å². The van der Waals surface area contributed by atoms with Gasteiger partial charge in [0.2, 0.25) is 0 Å². The standard InChI is InChI=1S/C14H16N2OS/c1-2-15-14(17)12-3-5-13(6-4-12)16-9-11-7-8-18-10-11/h3-8,10,16H,2,9H2,1H3,(H,15,17). The summed E-state index contributed by atoms with van der Waals surface area (Å²) in [6, 6.07) is 9.62. The highest BCUT2D eigenvalue weighted by Gasteiger charge is 2.03. The van der Waals surface area contributed by atoms with Gasteiger partial charge >= 0.3 is 0 Å². The SMILES string of the molecule is CCNC(=O)c1ccc(NCc2ccsc2)cc1. The zero-order valence-electron chi connectivity index (χ0n) is 10.3. The van der Waals surface area contributed by atoms with Crippen LogP contribution in [0.2, 0.25) is 0 Å². The Kier molecular flexibility index (Phi) is 4.36. The van der Waals surface area contributed by atoms with Crippen LogP contribution in [0.3, 0.4) is 0 Å². The van der Waals surface area contributed by atoms with Crippen LogP contribution in [0.1, 0.15) is 22.8 Å². The van der Waals surface area contributed by atoms with Crippen molar-refractivity contribution < 1.29 is 4.79 Å². The number of thiophene rings is 1. The molecule has 1 aromatic carbocycles. The molecule has 0 spiro atoms. The van der Waals surface area contributed by atoms with Gasteiger partial charge in [0.05, 0.1) is 0 Å². The molecule has 1 heterocycles. The van der Waals surface area contributed by atoms with Crippen molar-refractivity contribution in [2.24, 2.45) is 0 Å². The van der Waals surface area contributed by atoms with Crippen molar-refractivity contribution >= 4 is 22.9 Å². The van der Waals surface area contributed by atoms with Crippen molar-refractivity contribution in [1.82, 2.24) is 5.32 Å². The average molecular weight is 260 g/mol. The Morgan fingerprint density at radius 2 is 2.00 bits per heavy atom. The molecule has 0 aliphatic heterocycles. The van der Waals surface area contributed by atoms with E-state index >= 15 is 0 Å². The van der Waals surface area contributed by atoms with Gasteiger partial charge in [-0.3, -0.25) is 4.79 Å². The van der Waals surface area contributed by atoms with E-state index < -0.39 is 0 Å². The predicted molar refractivity (Wildman–Crippen MR) is 76.1 cm³/mol. The highest BCUT2D eigenvalue weighted by Crippen LogP contribution is 2.12. The fourth-order valence-corrected chi connectivity index (χ4v) is 2.27. The van der Waals surface area contributed by atoms with Crippen molar-refractivity contribution in [1.29, 1.82) is 0 Å². The van der Waals surface area contributed by atoms with E-state index in [-0.39, 0.29) is 5.91 Å². The van der Waals surface area contributed by atoms with Gasteiger partial charge in [-0.15, -0.1) is 0 Å². The fraction of sp³-hybridized carbons (Fsp3) is 0.214. The molecule has 3 nitrogen and oxygen atoms in total. The lowest BCUT2D eigenvalue weighted by molar-refractivity contribution is 0.0956. The monoisotopic (exact) mass is 260 g/mol. The van der Waals surface area contributed by atoms with Crippen molar-refractivity contribution in [3.63, 3.8) is 0 Å². The smallest absolute Gasteiger partial charge is 0.251 e. The highest BCUT2D eigenvalue weighted by molar-refractivity contribution is 7.07. The van der Waals surface area contributed by atoms with Crippen LogP contribution in [-0.2, 0) is 6.54 Å². The van der Waals surface area contributed by atoms with Gasteiger partial charge in [-0.2, -0.15) is 11.3 Å². The van der Waals surface area contributed by atoms with Crippen LogP contribution in [0, 0.1) is 0 Å². The summed E-state index contributed by atoms with van der Waals surface area (Å²) >= 11 is 1.69. The van der Waals surface area contributed by atoms with Crippen LogP contribution in [0.25, 0.3) is 0 Å². The van der Waals surface area contributed by atoms with E-state index in [1.54, 1.807) is 11.3 Å². The van der Waals surface area contributed by atoms with E-state index in [4.69, 9.17) is 0 Å². The van der Waals surface area contributed by atoms with Gasteiger partial charge in [0, 0.05) is 24.3 Å². The zero-order chi connectivity index (χ0) is 12.8. The Morgan fingerprint density at radius 1 is 1.22 bits per heavy atom. The molecule has 0 atom stereocenters. The normalized spacial score (nSPS) is 10.1. The summed E-state index contributed by atoms with van der Waals surface area (Å²) in [7, 11) is 0. The number of carbonyl (C=O) groups excluding carboxylic acids is 1. The maximum atomic E-state index is 11.6. The molecule has 0 radical (unpaired) electrons. The van der Waals surface area contributed by atoms with Crippen molar-refractivity contribution in [3.05, 3.63) is 52.2 Å². The third-order valence-corrected chi connectivity index (χ3v) is 3.29. The summed E-state index contributed by atoms with van der Waals surface area (Å²) in [5.74, 6) is -0.0260. The molecule has 0 aliphatic rings. The first-order valence-corrected chi connectivity index (χ1v) is 6.87. The number of benzene rings is 1. The Balaban J connectivity index is 1.93. The Labute approximate surface area is 111 Å². The Bertz CT molecular complexity index is 491. The molecule has 0 saturated heterocycles. The quantitative estimate of drug-likeness (QED) is 0.867. The van der Waals surface area contributed by atoms with Gasteiger partial charge < -0.3 is 10.6 Å². The molecule has 0 aliphatic carbocycles. The van der Waals surface area contributed by atoms with Crippen LogP contribution in [-0.4, -0.2) is 12.5 Å². The molecule has 2 N–H and O–H groups in total. The molecular formula is C14H16N2OS. The van der Waals surface area contributed by atoms with Crippen LogP contribution in [0.5, 0.6) is 0 Å². The lowest BCUT2D eigenvalue weighted by Gasteiger charge is -2.06. The summed E-state index contributed by atoms with van der Waals surface area (Å²) in [6.45, 7) is 3.37. The van der Waals surface area contributed by atoms with E-state index in [1.165, 1.54) is 5.56 Å². The third kappa shape index (κ3) is 3.34. The Hall–Kier alpha value is -1.81. The number of anilines is 1. The number of hydrogen-bond donors (Lipinski definition) is 2. The van der Waals surface area contributed by atoms with Crippen molar-refractivity contribution in [3.8, 4) is 0 Å². The van der Waals surface area contributed by atoms with Crippen LogP contribution >= 0.6 is 11.3 Å². The first-order valence-electron chi connectivity index (χ1n) is 5.93. The average Bonchev–Trinajstić information content (AvgIpc) is 2.90. The molecule has 0 fully saturated rings. The number of amides is 1. The van der Waals surface area contributed by atoms with Gasteiger partial charge in [0.15, 0.2) is 0 Å². The van der Waals surface area contributed by atoms with Gasteiger partial charge in [0.1, 0.15) is 0 Å². The van der Waals surface area contributed by atoms with E-state index in [1.807, 2.05) is 31.2 Å². The summed E-state index contributed by atoms with van der Waals surface area (Å²) in [4.78, 5) is 11.6. The highest BCUT2D eigenvalue weighted by atomic mass is 32.1. The molecule has 18 heavy (non-hydrogen) atoms. The van der Waals surface area contributed by atoms with Gasteiger partial charge in [-0.1, -0.05) is 0 Å². The second-order valence-electron chi connectivity index (χ2n) is 3.92. The first kappa shape index (κ1) is 12.6. The largest absolute Gasteiger partial charge is 0.381 e. The minimum absolute atomic E-state index is 0.0260. The van der Waals surface area contributed by atoms with Crippen molar-refractivity contribution in [2.45, 2.75) is 13.5 Å². The lowest BCUT2D eigenvalue weighted by atomic mass is 10.2. The molecule has 4 heteroatoms. The van der Waals surface area contributed by atoms with Gasteiger partial charge in [0.25, 0.3) is 5.91 Å². The molecule has 2 aromatic rings. The third-order valence-electron chi connectivity index (χ3n) is 2.56. The molecule has 0 unspecified atom stereocenters. The van der Waals surface area contributed by atoms with E-state index in [0.717, 1.165) is 12.2 Å². The minimum atomic E-state index is -0.0260. The van der Waals surface area contributed by atoms with Crippen LogP contribution in [0.15, 0.2) is 41.1 Å². The number of carbonyl (C=O) groups is 1. The molecule has 1 amide bonds. The van der Waals surface area contributed by atoms with E-state index in [9.17, 15) is 4.79 Å². The molecule has 1 aromatic heterocycles. The second kappa shape index (κ2) is 6.21. The fourth-order valence-electron chi connectivity index (χ4n) is 1.60. The van der Waals surface area contributed by atoms with Crippen LogP contribution in [0.4, 0.5) is 5.69 Å². The van der Waals surface area contributed by atoms with Gasteiger partial charge in [-0.25, -0.2) is 0 Å². The van der Waals surface area contributed by atoms with Gasteiger partial charge in [-0.05, 0) is 53.6 Å². The predicted octanol–water partition coefficient (Wildman–Crippen LogP) is 3.11. The molecule has 0 bridgehead atoms. The number of hydrogen-bond acceptors (Lipinski definition) is 3. The maximum Gasteiger partial charge on any atom is 0.251 e. The molecular weight excluding hydrogens is 244 g/mol. The summed E-state index contributed by atoms with van der Waals surface area (Å²) in [5.41, 5.74) is 2.99. The van der Waals surface area contributed by atoms with Crippen molar-refractivity contribution in [2.75, 3.05) is 11.9 Å². The lowest BCUT2D eigenvalue weighted by Crippen LogP contribution is -2.22. The first-order chi connectivity index (χ1) is 8.79. The summed E-state index contributed by atoms with van der Waals surface area (Å²) in [6.07, 6.45) is 0. The minimum Gasteiger partial charge on any atom is -0.381 e. The molecule has 94 valence electrons.